The van der Waals surface area contributed by atoms with E-state index < -0.39 is 0 Å². The van der Waals surface area contributed by atoms with Crippen LogP contribution < -0.4 is 5.56 Å². The quantitative estimate of drug-likeness (QED) is 0.523. The summed E-state index contributed by atoms with van der Waals surface area (Å²) in [7, 11) is 1.69. The number of aromatic amines is 1. The van der Waals surface area contributed by atoms with Crippen LogP contribution in [-0.4, -0.2) is 38.4 Å². The second kappa shape index (κ2) is 7.59. The first-order valence-electron chi connectivity index (χ1n) is 7.71. The molecule has 1 aromatic carbocycles. The minimum Gasteiger partial charge on any atom is -0.385 e. The van der Waals surface area contributed by atoms with Crippen molar-refractivity contribution in [3.8, 4) is 0 Å². The zero-order chi connectivity index (χ0) is 16.9. The first-order valence-corrected chi connectivity index (χ1v) is 8.59. The molecule has 0 amide bonds. The third-order valence-corrected chi connectivity index (χ3v) is 4.73. The number of benzene rings is 1. The van der Waals surface area contributed by atoms with Crippen LogP contribution in [0.5, 0.6) is 0 Å². The molecule has 0 saturated carbocycles. The molecule has 0 spiro atoms. The molecule has 7 nitrogen and oxygen atoms in total. The molecule has 0 aliphatic rings. The van der Waals surface area contributed by atoms with E-state index in [9.17, 15) is 4.79 Å². The number of hydrogen-bond donors (Lipinski definition) is 1. The zero-order valence-corrected chi connectivity index (χ0v) is 14.4. The van der Waals surface area contributed by atoms with Crippen molar-refractivity contribution in [1.29, 1.82) is 0 Å². The van der Waals surface area contributed by atoms with Gasteiger partial charge >= 0.3 is 0 Å². The Hall–Kier alpha value is -2.19. The molecule has 0 radical (unpaired) electrons. The molecule has 1 unspecified atom stereocenters. The molecule has 24 heavy (non-hydrogen) atoms. The standard InChI is InChI=1S/C16H19N5O2S/c1-11(24-16-20-17-10-21(16)8-5-9-23-2)14-18-13-7-4-3-6-12(13)15(22)19-14/h3-4,6-7,10-11H,5,8-9H2,1-2H3,(H,18,19,22). The molecule has 3 aromatic rings. The van der Waals surface area contributed by atoms with Crippen molar-refractivity contribution >= 4 is 22.7 Å². The first kappa shape index (κ1) is 16.7. The van der Waals surface area contributed by atoms with Gasteiger partial charge in [0.25, 0.3) is 5.56 Å². The SMILES string of the molecule is COCCCn1cnnc1SC(C)c1nc2ccccc2c(=O)[nH]1. The number of rotatable bonds is 7. The molecule has 0 fully saturated rings. The highest BCUT2D eigenvalue weighted by Gasteiger charge is 2.15. The molecule has 1 N–H and O–H groups in total. The number of H-pyrrole nitrogens is 1. The average molecular weight is 345 g/mol. The van der Waals surface area contributed by atoms with Crippen LogP contribution in [0.1, 0.15) is 24.4 Å². The van der Waals surface area contributed by atoms with Crippen molar-refractivity contribution in [3.05, 3.63) is 46.8 Å². The highest BCUT2D eigenvalue weighted by molar-refractivity contribution is 7.99. The molecule has 2 heterocycles. The van der Waals surface area contributed by atoms with Crippen LogP contribution in [-0.2, 0) is 11.3 Å². The molecule has 0 aliphatic carbocycles. The maximum atomic E-state index is 12.2. The highest BCUT2D eigenvalue weighted by Crippen LogP contribution is 2.31. The largest absolute Gasteiger partial charge is 0.385 e. The summed E-state index contributed by atoms with van der Waals surface area (Å²) in [4.78, 5) is 19.6. The summed E-state index contributed by atoms with van der Waals surface area (Å²) in [5.74, 6) is 0.634. The smallest absolute Gasteiger partial charge is 0.258 e. The van der Waals surface area contributed by atoms with Crippen molar-refractivity contribution in [1.82, 2.24) is 24.7 Å². The summed E-state index contributed by atoms with van der Waals surface area (Å²) in [6.45, 7) is 3.47. The number of aromatic nitrogens is 5. The summed E-state index contributed by atoms with van der Waals surface area (Å²) < 4.78 is 7.06. The number of para-hydroxylation sites is 1. The van der Waals surface area contributed by atoms with E-state index in [1.807, 2.05) is 29.7 Å². The van der Waals surface area contributed by atoms with Gasteiger partial charge in [0.05, 0.1) is 16.2 Å². The zero-order valence-electron chi connectivity index (χ0n) is 13.6. The van der Waals surface area contributed by atoms with Crippen LogP contribution in [0, 0.1) is 0 Å². The molecule has 0 bridgehead atoms. The molecule has 8 heteroatoms. The fraction of sp³-hybridized carbons (Fsp3) is 0.375. The Morgan fingerprint density at radius 2 is 2.21 bits per heavy atom. The van der Waals surface area contributed by atoms with E-state index in [1.165, 1.54) is 11.8 Å². The summed E-state index contributed by atoms with van der Waals surface area (Å²) in [6.07, 6.45) is 2.60. The lowest BCUT2D eigenvalue weighted by atomic mass is 10.2. The molecule has 0 aliphatic heterocycles. The Morgan fingerprint density at radius 1 is 1.38 bits per heavy atom. The van der Waals surface area contributed by atoms with E-state index in [4.69, 9.17) is 4.74 Å². The molecular formula is C16H19N5O2S. The maximum absolute atomic E-state index is 12.2. The summed E-state index contributed by atoms with van der Waals surface area (Å²) in [6, 6.07) is 7.33. The monoisotopic (exact) mass is 345 g/mol. The normalized spacial score (nSPS) is 12.6. The van der Waals surface area contributed by atoms with Gasteiger partial charge in [-0.15, -0.1) is 10.2 Å². The van der Waals surface area contributed by atoms with Crippen LogP contribution >= 0.6 is 11.8 Å². The molecular weight excluding hydrogens is 326 g/mol. The molecule has 0 saturated heterocycles. The summed E-state index contributed by atoms with van der Waals surface area (Å²) in [5.41, 5.74) is 0.579. The Balaban J connectivity index is 1.79. The van der Waals surface area contributed by atoms with Crippen LogP contribution in [0.3, 0.4) is 0 Å². The van der Waals surface area contributed by atoms with E-state index >= 15 is 0 Å². The molecule has 1 atom stereocenters. The van der Waals surface area contributed by atoms with Gasteiger partial charge in [-0.3, -0.25) is 4.79 Å². The fourth-order valence-electron chi connectivity index (χ4n) is 2.38. The Kier molecular flexibility index (Phi) is 5.27. The number of ether oxygens (including phenoxy) is 1. The van der Waals surface area contributed by atoms with E-state index in [1.54, 1.807) is 19.5 Å². The second-order valence-corrected chi connectivity index (χ2v) is 6.69. The van der Waals surface area contributed by atoms with Crippen molar-refractivity contribution < 1.29 is 4.74 Å². The number of methoxy groups -OCH3 is 1. The average Bonchev–Trinajstić information content (AvgIpc) is 3.02. The number of nitrogens with one attached hydrogen (secondary N) is 1. The topological polar surface area (TPSA) is 85.7 Å². The third-order valence-electron chi connectivity index (χ3n) is 3.63. The maximum Gasteiger partial charge on any atom is 0.258 e. The van der Waals surface area contributed by atoms with Gasteiger partial charge in [0.1, 0.15) is 12.2 Å². The van der Waals surface area contributed by atoms with Gasteiger partial charge in [0.2, 0.25) is 0 Å². The van der Waals surface area contributed by atoms with Gasteiger partial charge in [-0.25, -0.2) is 4.98 Å². The Labute approximate surface area is 143 Å². The number of fused-ring (bicyclic) bond motifs is 1. The van der Waals surface area contributed by atoms with Gasteiger partial charge in [-0.1, -0.05) is 23.9 Å². The lowest BCUT2D eigenvalue weighted by Crippen LogP contribution is -2.13. The first-order chi connectivity index (χ1) is 11.7. The van der Waals surface area contributed by atoms with Crippen LogP contribution in [0.15, 0.2) is 40.5 Å². The van der Waals surface area contributed by atoms with Crippen molar-refractivity contribution in [3.63, 3.8) is 0 Å². The number of thioether (sulfide) groups is 1. The molecule has 126 valence electrons. The van der Waals surface area contributed by atoms with Crippen LogP contribution in [0.4, 0.5) is 0 Å². The van der Waals surface area contributed by atoms with Crippen molar-refractivity contribution in [2.75, 3.05) is 13.7 Å². The molecule has 3 rings (SSSR count). The van der Waals surface area contributed by atoms with Crippen molar-refractivity contribution in [2.45, 2.75) is 30.3 Å². The lowest BCUT2D eigenvalue weighted by Gasteiger charge is -2.11. The number of nitrogens with zero attached hydrogens (tertiary/aromatic N) is 4. The number of aryl methyl sites for hydroxylation is 1. The number of hydrogen-bond acceptors (Lipinski definition) is 6. The van der Waals surface area contributed by atoms with Crippen molar-refractivity contribution in [2.24, 2.45) is 0 Å². The lowest BCUT2D eigenvalue weighted by molar-refractivity contribution is 0.189. The van der Waals surface area contributed by atoms with Gasteiger partial charge in [0.15, 0.2) is 5.16 Å². The van der Waals surface area contributed by atoms with Gasteiger partial charge in [-0.2, -0.15) is 0 Å². The van der Waals surface area contributed by atoms with Gasteiger partial charge in [-0.05, 0) is 25.5 Å². The van der Waals surface area contributed by atoms with Crippen LogP contribution in [0.2, 0.25) is 0 Å². The summed E-state index contributed by atoms with van der Waals surface area (Å²) >= 11 is 1.52. The van der Waals surface area contributed by atoms with E-state index in [-0.39, 0.29) is 10.8 Å². The fourth-order valence-corrected chi connectivity index (χ4v) is 3.29. The highest BCUT2D eigenvalue weighted by atomic mass is 32.2. The Morgan fingerprint density at radius 3 is 3.04 bits per heavy atom. The summed E-state index contributed by atoms with van der Waals surface area (Å²) in [5, 5.41) is 9.48. The predicted molar refractivity (Wildman–Crippen MR) is 93.2 cm³/mol. The minimum atomic E-state index is -0.121. The van der Waals surface area contributed by atoms with Gasteiger partial charge < -0.3 is 14.3 Å². The predicted octanol–water partition coefficient (Wildman–Crippen LogP) is 2.40. The molecule has 2 aromatic heterocycles. The van der Waals surface area contributed by atoms with E-state index in [0.717, 1.165) is 18.1 Å². The minimum absolute atomic E-state index is 0.0484. The van der Waals surface area contributed by atoms with Crippen LogP contribution in [0.25, 0.3) is 10.9 Å². The van der Waals surface area contributed by atoms with E-state index in [2.05, 4.69) is 20.2 Å². The van der Waals surface area contributed by atoms with E-state index in [0.29, 0.717) is 23.3 Å². The Bertz CT molecular complexity index is 876. The second-order valence-electron chi connectivity index (χ2n) is 5.38. The van der Waals surface area contributed by atoms with Gasteiger partial charge in [0, 0.05) is 20.3 Å². The third kappa shape index (κ3) is 3.65.